The van der Waals surface area contributed by atoms with Crippen molar-refractivity contribution in [1.29, 1.82) is 0 Å². The minimum Gasteiger partial charge on any atom is -0.485 e. The lowest BCUT2D eigenvalue weighted by atomic mass is 10.1. The summed E-state index contributed by atoms with van der Waals surface area (Å²) in [4.78, 5) is 23.3. The van der Waals surface area contributed by atoms with E-state index in [1.165, 1.54) is 6.92 Å². The van der Waals surface area contributed by atoms with E-state index < -0.39 is 0 Å². The zero-order valence-electron chi connectivity index (χ0n) is 12.0. The Hall–Kier alpha value is -2.82. The van der Waals surface area contributed by atoms with Gasteiger partial charge in [0.25, 0.3) is 0 Å². The predicted molar refractivity (Wildman–Crippen MR) is 78.8 cm³/mol. The second kappa shape index (κ2) is 5.89. The van der Waals surface area contributed by atoms with Gasteiger partial charge in [-0.3, -0.25) is 9.59 Å². The maximum Gasteiger partial charge on any atom is 0.231 e. The van der Waals surface area contributed by atoms with E-state index in [1.807, 2.05) is 0 Å². The monoisotopic (exact) mass is 298 g/mol. The Kier molecular flexibility index (Phi) is 3.78. The van der Waals surface area contributed by atoms with Crippen molar-refractivity contribution in [3.05, 3.63) is 53.6 Å². The Morgan fingerprint density at radius 1 is 1.00 bits per heavy atom. The molecule has 0 fully saturated rings. The second-order valence-electron chi connectivity index (χ2n) is 4.86. The molecule has 5 nitrogen and oxygen atoms in total. The minimum absolute atomic E-state index is 0.0111. The average Bonchev–Trinajstić information content (AvgIpc) is 3.00. The van der Waals surface area contributed by atoms with Gasteiger partial charge < -0.3 is 14.2 Å². The van der Waals surface area contributed by atoms with Crippen LogP contribution in [0.25, 0.3) is 0 Å². The van der Waals surface area contributed by atoms with E-state index in [2.05, 4.69) is 0 Å². The first-order valence-corrected chi connectivity index (χ1v) is 6.80. The SMILES string of the molecule is CC(=O)c1ccc(OCC(=O)c2ccc3c(c2)OCO3)cc1. The molecule has 0 atom stereocenters. The van der Waals surface area contributed by atoms with Crippen LogP contribution in [0.15, 0.2) is 42.5 Å². The Balaban J connectivity index is 1.63. The number of hydrogen-bond acceptors (Lipinski definition) is 5. The fourth-order valence-electron chi connectivity index (χ4n) is 2.09. The molecule has 0 amide bonds. The van der Waals surface area contributed by atoms with Crippen LogP contribution in [0.1, 0.15) is 27.6 Å². The summed E-state index contributed by atoms with van der Waals surface area (Å²) < 4.78 is 15.9. The molecule has 1 aliphatic rings. The van der Waals surface area contributed by atoms with Gasteiger partial charge in [-0.15, -0.1) is 0 Å². The van der Waals surface area contributed by atoms with Crippen LogP contribution in [-0.4, -0.2) is 25.0 Å². The molecule has 0 spiro atoms. The third-order valence-electron chi connectivity index (χ3n) is 3.33. The van der Waals surface area contributed by atoms with E-state index in [4.69, 9.17) is 14.2 Å². The number of Topliss-reactive ketones (excluding diaryl/α,β-unsaturated/α-hetero) is 2. The number of ketones is 2. The highest BCUT2D eigenvalue weighted by atomic mass is 16.7. The van der Waals surface area contributed by atoms with Crippen molar-refractivity contribution in [3.8, 4) is 17.2 Å². The number of ether oxygens (including phenoxy) is 3. The molecular formula is C17H14O5. The van der Waals surface area contributed by atoms with Gasteiger partial charge in [-0.2, -0.15) is 0 Å². The van der Waals surface area contributed by atoms with E-state index in [9.17, 15) is 9.59 Å². The third kappa shape index (κ3) is 2.93. The highest BCUT2D eigenvalue weighted by Crippen LogP contribution is 2.32. The normalized spacial score (nSPS) is 12.0. The average molecular weight is 298 g/mol. The molecule has 0 aromatic heterocycles. The van der Waals surface area contributed by atoms with E-state index >= 15 is 0 Å². The van der Waals surface area contributed by atoms with Crippen molar-refractivity contribution in [3.63, 3.8) is 0 Å². The van der Waals surface area contributed by atoms with Crippen LogP contribution in [0.3, 0.4) is 0 Å². The largest absolute Gasteiger partial charge is 0.485 e. The summed E-state index contributed by atoms with van der Waals surface area (Å²) in [5.41, 5.74) is 1.11. The van der Waals surface area contributed by atoms with Crippen LogP contribution in [0.5, 0.6) is 17.2 Å². The summed E-state index contributed by atoms with van der Waals surface area (Å²) in [5, 5.41) is 0. The summed E-state index contributed by atoms with van der Waals surface area (Å²) in [6, 6.07) is 11.7. The molecule has 5 heteroatoms. The summed E-state index contributed by atoms with van der Waals surface area (Å²) in [6.45, 7) is 1.59. The molecule has 0 radical (unpaired) electrons. The quantitative estimate of drug-likeness (QED) is 0.794. The second-order valence-corrected chi connectivity index (χ2v) is 4.86. The molecule has 0 N–H and O–H groups in total. The van der Waals surface area contributed by atoms with Gasteiger partial charge in [-0.25, -0.2) is 0 Å². The number of carbonyl (C=O) groups is 2. The van der Waals surface area contributed by atoms with Gasteiger partial charge in [-0.05, 0) is 49.4 Å². The zero-order chi connectivity index (χ0) is 15.5. The van der Waals surface area contributed by atoms with Crippen molar-refractivity contribution < 1.29 is 23.8 Å². The third-order valence-corrected chi connectivity index (χ3v) is 3.33. The van der Waals surface area contributed by atoms with Crippen molar-refractivity contribution in [1.82, 2.24) is 0 Å². The zero-order valence-corrected chi connectivity index (χ0v) is 12.0. The molecule has 2 aromatic carbocycles. The Bertz CT molecular complexity index is 718. The van der Waals surface area contributed by atoms with Gasteiger partial charge in [0.1, 0.15) is 5.75 Å². The molecule has 0 unspecified atom stereocenters. The summed E-state index contributed by atoms with van der Waals surface area (Å²) in [7, 11) is 0. The predicted octanol–water partition coefficient (Wildman–Crippen LogP) is 2.88. The molecule has 112 valence electrons. The molecule has 0 saturated heterocycles. The highest BCUT2D eigenvalue weighted by molar-refractivity contribution is 5.98. The van der Waals surface area contributed by atoms with Gasteiger partial charge in [0.15, 0.2) is 29.7 Å². The molecule has 22 heavy (non-hydrogen) atoms. The molecule has 1 aliphatic heterocycles. The Morgan fingerprint density at radius 2 is 1.68 bits per heavy atom. The first-order valence-electron chi connectivity index (χ1n) is 6.80. The first kappa shape index (κ1) is 14.1. The van der Waals surface area contributed by atoms with Crippen LogP contribution in [0.2, 0.25) is 0 Å². The molecular weight excluding hydrogens is 284 g/mol. The van der Waals surface area contributed by atoms with Crippen LogP contribution in [0.4, 0.5) is 0 Å². The maximum atomic E-state index is 12.1. The minimum atomic E-state index is -0.158. The van der Waals surface area contributed by atoms with Crippen LogP contribution in [-0.2, 0) is 0 Å². The topological polar surface area (TPSA) is 61.8 Å². The van der Waals surface area contributed by atoms with E-state index in [-0.39, 0.29) is 25.0 Å². The molecule has 0 bridgehead atoms. The highest BCUT2D eigenvalue weighted by Gasteiger charge is 2.16. The number of rotatable bonds is 5. The Morgan fingerprint density at radius 3 is 2.41 bits per heavy atom. The number of fused-ring (bicyclic) bond motifs is 1. The smallest absolute Gasteiger partial charge is 0.231 e. The summed E-state index contributed by atoms with van der Waals surface area (Å²) >= 11 is 0. The number of hydrogen-bond donors (Lipinski definition) is 0. The van der Waals surface area contributed by atoms with Gasteiger partial charge >= 0.3 is 0 Å². The van der Waals surface area contributed by atoms with Crippen LogP contribution >= 0.6 is 0 Å². The summed E-state index contributed by atoms with van der Waals surface area (Å²) in [6.07, 6.45) is 0. The number of benzene rings is 2. The maximum absolute atomic E-state index is 12.1. The van der Waals surface area contributed by atoms with E-state index in [0.29, 0.717) is 28.4 Å². The fraction of sp³-hybridized carbons (Fsp3) is 0.176. The van der Waals surface area contributed by atoms with Crippen molar-refractivity contribution in [2.45, 2.75) is 6.92 Å². The molecule has 2 aromatic rings. The van der Waals surface area contributed by atoms with Crippen molar-refractivity contribution in [2.75, 3.05) is 13.4 Å². The fourth-order valence-corrected chi connectivity index (χ4v) is 2.09. The first-order chi connectivity index (χ1) is 10.6. The number of carbonyl (C=O) groups excluding carboxylic acids is 2. The van der Waals surface area contributed by atoms with Crippen molar-refractivity contribution >= 4 is 11.6 Å². The van der Waals surface area contributed by atoms with Crippen LogP contribution < -0.4 is 14.2 Å². The molecule has 0 aliphatic carbocycles. The standard InChI is InChI=1S/C17H14O5/c1-11(18)12-2-5-14(6-3-12)20-9-15(19)13-4-7-16-17(8-13)22-10-21-16/h2-8H,9-10H2,1H3. The van der Waals surface area contributed by atoms with Gasteiger partial charge in [0.05, 0.1) is 0 Å². The van der Waals surface area contributed by atoms with Gasteiger partial charge in [0, 0.05) is 11.1 Å². The van der Waals surface area contributed by atoms with E-state index in [1.54, 1.807) is 42.5 Å². The molecule has 0 saturated carbocycles. The lowest BCUT2D eigenvalue weighted by Crippen LogP contribution is -2.11. The van der Waals surface area contributed by atoms with E-state index in [0.717, 1.165) is 0 Å². The van der Waals surface area contributed by atoms with Gasteiger partial charge in [-0.1, -0.05) is 0 Å². The van der Waals surface area contributed by atoms with Crippen molar-refractivity contribution in [2.24, 2.45) is 0 Å². The van der Waals surface area contributed by atoms with Gasteiger partial charge in [0.2, 0.25) is 6.79 Å². The summed E-state index contributed by atoms with van der Waals surface area (Å²) in [5.74, 6) is 1.57. The lowest BCUT2D eigenvalue weighted by molar-refractivity contribution is 0.0920. The van der Waals surface area contributed by atoms with Crippen LogP contribution in [0, 0.1) is 0 Å². The molecule has 3 rings (SSSR count). The lowest BCUT2D eigenvalue weighted by Gasteiger charge is -2.06. The Labute approximate surface area is 127 Å². The molecule has 1 heterocycles.